The summed E-state index contributed by atoms with van der Waals surface area (Å²) in [7, 11) is 1.67. The van der Waals surface area contributed by atoms with Crippen molar-refractivity contribution in [2.45, 2.75) is 31.7 Å². The number of amides is 2. The Morgan fingerprint density at radius 1 is 1.07 bits per heavy atom. The van der Waals surface area contributed by atoms with E-state index in [4.69, 9.17) is 4.74 Å². The molecule has 2 aromatic rings. The van der Waals surface area contributed by atoms with Crippen molar-refractivity contribution < 1.29 is 14.3 Å². The molecule has 2 aliphatic rings. The van der Waals surface area contributed by atoms with Crippen molar-refractivity contribution in [1.82, 2.24) is 10.2 Å². The Kier molecular flexibility index (Phi) is 6.33. The molecule has 4 rings (SSSR count). The van der Waals surface area contributed by atoms with Crippen molar-refractivity contribution in [1.29, 1.82) is 0 Å². The van der Waals surface area contributed by atoms with Gasteiger partial charge in [-0.1, -0.05) is 12.1 Å². The summed E-state index contributed by atoms with van der Waals surface area (Å²) in [5, 5.41) is 3.11. The summed E-state index contributed by atoms with van der Waals surface area (Å²) in [4.78, 5) is 28.9. The summed E-state index contributed by atoms with van der Waals surface area (Å²) in [6.45, 7) is 3.37. The molecule has 1 N–H and O–H groups in total. The predicted octanol–water partition coefficient (Wildman–Crippen LogP) is 3.39. The molecule has 6 heteroatoms. The van der Waals surface area contributed by atoms with Gasteiger partial charge in [-0.15, -0.1) is 0 Å². The van der Waals surface area contributed by atoms with Crippen LogP contribution in [0.5, 0.6) is 5.75 Å². The highest BCUT2D eigenvalue weighted by Gasteiger charge is 2.25. The van der Waals surface area contributed by atoms with Crippen molar-refractivity contribution in [3.8, 4) is 5.75 Å². The number of benzene rings is 2. The fraction of sp³-hybridized carbons (Fsp3) is 0.417. The van der Waals surface area contributed by atoms with Crippen LogP contribution in [0.4, 0.5) is 5.69 Å². The van der Waals surface area contributed by atoms with Crippen LogP contribution >= 0.6 is 0 Å². The fourth-order valence-electron chi connectivity index (χ4n) is 4.37. The molecule has 158 valence electrons. The first-order chi connectivity index (χ1) is 14.7. The molecule has 2 heterocycles. The van der Waals surface area contributed by atoms with E-state index in [-0.39, 0.29) is 17.9 Å². The molecular weight excluding hydrogens is 378 g/mol. The quantitative estimate of drug-likeness (QED) is 0.764. The zero-order valence-electron chi connectivity index (χ0n) is 17.5. The van der Waals surface area contributed by atoms with E-state index >= 15 is 0 Å². The van der Waals surface area contributed by atoms with E-state index in [1.165, 1.54) is 12.8 Å². The van der Waals surface area contributed by atoms with Gasteiger partial charge in [-0.3, -0.25) is 14.5 Å². The van der Waals surface area contributed by atoms with Crippen LogP contribution in [-0.4, -0.2) is 50.0 Å². The van der Waals surface area contributed by atoms with Crippen LogP contribution in [0.1, 0.15) is 47.6 Å². The fourth-order valence-corrected chi connectivity index (χ4v) is 4.37. The highest BCUT2D eigenvalue weighted by Crippen LogP contribution is 2.27. The third-order valence-electron chi connectivity index (χ3n) is 6.03. The van der Waals surface area contributed by atoms with Crippen LogP contribution in [0.15, 0.2) is 48.5 Å². The summed E-state index contributed by atoms with van der Waals surface area (Å²) in [6.07, 6.45) is 3.86. The molecule has 30 heavy (non-hydrogen) atoms. The van der Waals surface area contributed by atoms with Crippen LogP contribution in [0.25, 0.3) is 0 Å². The standard InChI is InChI=1S/C24H29N3O3/c1-30-21-7-4-6-19(16-21)22(26-13-2-3-14-26)17-25-24(29)18-9-11-20(12-10-18)27-15-5-8-23(27)28/h4,6-7,9-12,16,22H,2-3,5,8,13-15,17H2,1H3,(H,25,29)/t22-/m1/s1. The normalized spacial score (nSPS) is 17.9. The van der Waals surface area contributed by atoms with Gasteiger partial charge in [0.1, 0.15) is 5.75 Å². The molecule has 0 saturated carbocycles. The SMILES string of the molecule is COc1cccc([C@@H](CNC(=O)c2ccc(N3CCCC3=O)cc2)N2CCCC2)c1. The minimum Gasteiger partial charge on any atom is -0.497 e. The van der Waals surface area contributed by atoms with Gasteiger partial charge >= 0.3 is 0 Å². The lowest BCUT2D eigenvalue weighted by atomic mass is 10.0. The number of carbonyl (C=O) groups is 2. The van der Waals surface area contributed by atoms with Crippen LogP contribution in [0, 0.1) is 0 Å². The van der Waals surface area contributed by atoms with Crippen LogP contribution < -0.4 is 15.0 Å². The average molecular weight is 408 g/mol. The Morgan fingerprint density at radius 3 is 2.50 bits per heavy atom. The Labute approximate surface area is 177 Å². The van der Waals surface area contributed by atoms with Crippen molar-refractivity contribution in [3.05, 3.63) is 59.7 Å². The van der Waals surface area contributed by atoms with E-state index in [1.807, 2.05) is 24.3 Å². The zero-order valence-corrected chi connectivity index (χ0v) is 17.5. The number of nitrogens with one attached hydrogen (secondary N) is 1. The second-order valence-corrected chi connectivity index (χ2v) is 7.94. The lowest BCUT2D eigenvalue weighted by molar-refractivity contribution is -0.117. The smallest absolute Gasteiger partial charge is 0.251 e. The first-order valence-corrected chi connectivity index (χ1v) is 10.7. The van der Waals surface area contributed by atoms with Gasteiger partial charge in [0, 0.05) is 30.8 Å². The van der Waals surface area contributed by atoms with E-state index in [0.717, 1.165) is 43.1 Å². The van der Waals surface area contributed by atoms with Gasteiger partial charge in [-0.05, 0) is 74.3 Å². The summed E-state index contributed by atoms with van der Waals surface area (Å²) < 4.78 is 5.39. The Bertz CT molecular complexity index is 891. The second kappa shape index (κ2) is 9.30. The lowest BCUT2D eigenvalue weighted by Crippen LogP contribution is -2.36. The minimum absolute atomic E-state index is 0.0959. The summed E-state index contributed by atoms with van der Waals surface area (Å²) in [5.41, 5.74) is 2.62. The highest BCUT2D eigenvalue weighted by atomic mass is 16.5. The van der Waals surface area contributed by atoms with Crippen LogP contribution in [-0.2, 0) is 4.79 Å². The molecule has 0 bridgehead atoms. The zero-order chi connectivity index (χ0) is 20.9. The average Bonchev–Trinajstić information content (AvgIpc) is 3.46. The van der Waals surface area contributed by atoms with Gasteiger partial charge in [0.2, 0.25) is 5.91 Å². The largest absolute Gasteiger partial charge is 0.497 e. The van der Waals surface area contributed by atoms with Crippen LogP contribution in [0.3, 0.4) is 0 Å². The molecule has 2 saturated heterocycles. The molecule has 2 aromatic carbocycles. The second-order valence-electron chi connectivity index (χ2n) is 7.94. The van der Waals surface area contributed by atoms with E-state index in [1.54, 1.807) is 24.1 Å². The number of methoxy groups -OCH3 is 1. The van der Waals surface area contributed by atoms with E-state index in [9.17, 15) is 9.59 Å². The molecule has 6 nitrogen and oxygen atoms in total. The van der Waals surface area contributed by atoms with Gasteiger partial charge in [-0.2, -0.15) is 0 Å². The van der Waals surface area contributed by atoms with Crippen molar-refractivity contribution in [2.24, 2.45) is 0 Å². The molecular formula is C24H29N3O3. The van der Waals surface area contributed by atoms with Crippen molar-refractivity contribution >= 4 is 17.5 Å². The lowest BCUT2D eigenvalue weighted by Gasteiger charge is -2.28. The van der Waals surface area contributed by atoms with Gasteiger partial charge in [0.05, 0.1) is 13.2 Å². The Balaban J connectivity index is 1.43. The minimum atomic E-state index is -0.0959. The summed E-state index contributed by atoms with van der Waals surface area (Å²) in [5.74, 6) is 0.885. The number of likely N-dealkylation sites (tertiary alicyclic amines) is 1. The third kappa shape index (κ3) is 4.49. The Hall–Kier alpha value is -2.86. The van der Waals surface area contributed by atoms with Crippen molar-refractivity contribution in [3.63, 3.8) is 0 Å². The third-order valence-corrected chi connectivity index (χ3v) is 6.03. The number of hydrogen-bond donors (Lipinski definition) is 1. The number of nitrogens with zero attached hydrogens (tertiary/aromatic N) is 2. The molecule has 1 atom stereocenters. The topological polar surface area (TPSA) is 61.9 Å². The maximum Gasteiger partial charge on any atom is 0.251 e. The first kappa shape index (κ1) is 20.4. The number of ether oxygens (including phenoxy) is 1. The van der Waals surface area contributed by atoms with E-state index < -0.39 is 0 Å². The van der Waals surface area contributed by atoms with E-state index in [2.05, 4.69) is 22.3 Å². The maximum absolute atomic E-state index is 12.8. The molecule has 2 fully saturated rings. The van der Waals surface area contributed by atoms with Gasteiger partial charge in [0.15, 0.2) is 0 Å². The number of carbonyl (C=O) groups excluding carboxylic acids is 2. The number of anilines is 1. The van der Waals surface area contributed by atoms with Gasteiger partial charge < -0.3 is 15.0 Å². The van der Waals surface area contributed by atoms with Crippen molar-refractivity contribution in [2.75, 3.05) is 38.2 Å². The summed E-state index contributed by atoms with van der Waals surface area (Å²) in [6, 6.07) is 15.5. The molecule has 0 aromatic heterocycles. The molecule has 2 aliphatic heterocycles. The number of rotatable bonds is 7. The number of hydrogen-bond acceptors (Lipinski definition) is 4. The molecule has 0 spiro atoms. The molecule has 0 aliphatic carbocycles. The molecule has 0 unspecified atom stereocenters. The monoisotopic (exact) mass is 407 g/mol. The van der Waals surface area contributed by atoms with Gasteiger partial charge in [0.25, 0.3) is 5.91 Å². The molecule has 0 radical (unpaired) electrons. The first-order valence-electron chi connectivity index (χ1n) is 10.7. The summed E-state index contributed by atoms with van der Waals surface area (Å²) >= 11 is 0. The maximum atomic E-state index is 12.8. The van der Waals surface area contributed by atoms with Gasteiger partial charge in [-0.25, -0.2) is 0 Å². The van der Waals surface area contributed by atoms with E-state index in [0.29, 0.717) is 18.5 Å². The Morgan fingerprint density at radius 2 is 1.83 bits per heavy atom. The highest BCUT2D eigenvalue weighted by molar-refractivity contribution is 5.97. The predicted molar refractivity (Wildman–Crippen MR) is 117 cm³/mol. The molecule has 2 amide bonds. The van der Waals surface area contributed by atoms with Crippen LogP contribution in [0.2, 0.25) is 0 Å².